The highest BCUT2D eigenvalue weighted by atomic mass is 32.2. The number of benzene rings is 2. The summed E-state index contributed by atoms with van der Waals surface area (Å²) in [5.41, 5.74) is 2.09. The Morgan fingerprint density at radius 1 is 1.28 bits per heavy atom. The van der Waals surface area contributed by atoms with E-state index >= 15 is 0 Å². The van der Waals surface area contributed by atoms with Crippen molar-refractivity contribution in [1.82, 2.24) is 4.90 Å². The fraction of sp³-hybridized carbons (Fsp3) is 0.238. The van der Waals surface area contributed by atoms with Gasteiger partial charge in [0.2, 0.25) is 5.91 Å². The number of ether oxygens (including phenoxy) is 1. The number of rotatable bonds is 3. The zero-order chi connectivity index (χ0) is 20.5. The summed E-state index contributed by atoms with van der Waals surface area (Å²) < 4.78 is 18.4. The standard InChI is InChI=1S/C21H18FN3O3S/c1-28-19-8-13(2-7-18(19)26)16-9-20(27)25-11-24(12-29-21(25)17(16)10-23)15-5-3-14(22)4-6-15/h2-8,16,26H,9,11-12H2,1H3/t16-/m1/s1. The first-order valence-corrected chi connectivity index (χ1v) is 9.95. The minimum Gasteiger partial charge on any atom is -0.504 e. The zero-order valence-corrected chi connectivity index (χ0v) is 16.4. The summed E-state index contributed by atoms with van der Waals surface area (Å²) >= 11 is 1.42. The second-order valence-electron chi connectivity index (χ2n) is 6.77. The topological polar surface area (TPSA) is 76.8 Å². The molecule has 2 heterocycles. The molecular formula is C21H18FN3O3S. The second kappa shape index (κ2) is 7.68. The maximum absolute atomic E-state index is 13.2. The third-order valence-corrected chi connectivity index (χ3v) is 6.25. The number of allylic oxidation sites excluding steroid dienone is 1. The zero-order valence-electron chi connectivity index (χ0n) is 15.6. The van der Waals surface area contributed by atoms with E-state index in [1.165, 1.54) is 37.1 Å². The number of halogens is 1. The first kappa shape index (κ1) is 19.2. The van der Waals surface area contributed by atoms with Crippen LogP contribution in [0, 0.1) is 17.1 Å². The molecule has 4 rings (SSSR count). The van der Waals surface area contributed by atoms with Crippen molar-refractivity contribution in [3.63, 3.8) is 0 Å². The Morgan fingerprint density at radius 3 is 2.72 bits per heavy atom. The van der Waals surface area contributed by atoms with E-state index < -0.39 is 5.92 Å². The minimum atomic E-state index is -0.391. The van der Waals surface area contributed by atoms with Gasteiger partial charge in [0.1, 0.15) is 5.82 Å². The lowest BCUT2D eigenvalue weighted by atomic mass is 9.86. The lowest BCUT2D eigenvalue weighted by Gasteiger charge is -2.42. The number of carbonyl (C=O) groups is 1. The molecule has 1 saturated heterocycles. The molecule has 2 aromatic carbocycles. The van der Waals surface area contributed by atoms with Gasteiger partial charge in [0.15, 0.2) is 11.5 Å². The third kappa shape index (κ3) is 3.49. The van der Waals surface area contributed by atoms with Crippen molar-refractivity contribution in [1.29, 1.82) is 5.26 Å². The van der Waals surface area contributed by atoms with Crippen molar-refractivity contribution in [2.24, 2.45) is 0 Å². The van der Waals surface area contributed by atoms with Crippen molar-refractivity contribution in [3.05, 3.63) is 64.4 Å². The molecule has 6 nitrogen and oxygen atoms in total. The molecule has 0 spiro atoms. The summed E-state index contributed by atoms with van der Waals surface area (Å²) in [7, 11) is 1.46. The number of nitriles is 1. The average molecular weight is 411 g/mol. The predicted molar refractivity (Wildman–Crippen MR) is 108 cm³/mol. The van der Waals surface area contributed by atoms with E-state index in [1.807, 2.05) is 4.90 Å². The van der Waals surface area contributed by atoms with Gasteiger partial charge < -0.3 is 14.7 Å². The normalized spacial score (nSPS) is 19.1. The van der Waals surface area contributed by atoms with Gasteiger partial charge in [-0.2, -0.15) is 5.26 Å². The van der Waals surface area contributed by atoms with Crippen LogP contribution in [0.4, 0.5) is 10.1 Å². The fourth-order valence-electron chi connectivity index (χ4n) is 3.57. The van der Waals surface area contributed by atoms with Crippen LogP contribution in [-0.2, 0) is 4.79 Å². The van der Waals surface area contributed by atoms with Crippen LogP contribution < -0.4 is 9.64 Å². The van der Waals surface area contributed by atoms with Gasteiger partial charge in [0.25, 0.3) is 0 Å². The van der Waals surface area contributed by atoms with Gasteiger partial charge in [0.05, 0.1) is 36.3 Å². The number of amides is 1. The van der Waals surface area contributed by atoms with Crippen molar-refractivity contribution >= 4 is 23.4 Å². The van der Waals surface area contributed by atoms with Crippen LogP contribution in [0.5, 0.6) is 11.5 Å². The Kier molecular flexibility index (Phi) is 5.07. The van der Waals surface area contributed by atoms with Crippen LogP contribution in [-0.4, -0.2) is 35.6 Å². The quantitative estimate of drug-likeness (QED) is 0.829. The van der Waals surface area contributed by atoms with Crippen LogP contribution in [0.3, 0.4) is 0 Å². The number of hydrogen-bond acceptors (Lipinski definition) is 6. The molecule has 148 valence electrons. The van der Waals surface area contributed by atoms with E-state index in [4.69, 9.17) is 4.74 Å². The lowest BCUT2D eigenvalue weighted by Crippen LogP contribution is -2.47. The molecule has 0 bridgehead atoms. The molecule has 2 aromatic rings. The first-order chi connectivity index (χ1) is 14.0. The van der Waals surface area contributed by atoms with E-state index in [2.05, 4.69) is 6.07 Å². The number of fused-ring (bicyclic) bond motifs is 1. The van der Waals surface area contributed by atoms with E-state index in [9.17, 15) is 19.6 Å². The molecule has 0 aromatic heterocycles. The van der Waals surface area contributed by atoms with Gasteiger partial charge in [-0.3, -0.25) is 9.69 Å². The van der Waals surface area contributed by atoms with E-state index in [1.54, 1.807) is 29.2 Å². The van der Waals surface area contributed by atoms with Crippen molar-refractivity contribution in [3.8, 4) is 17.6 Å². The van der Waals surface area contributed by atoms with Crippen LogP contribution in [0.2, 0.25) is 0 Å². The average Bonchev–Trinajstić information content (AvgIpc) is 2.74. The van der Waals surface area contributed by atoms with Crippen LogP contribution >= 0.6 is 11.8 Å². The summed E-state index contributed by atoms with van der Waals surface area (Å²) in [6.45, 7) is 0.309. The summed E-state index contributed by atoms with van der Waals surface area (Å²) in [6, 6.07) is 13.3. The van der Waals surface area contributed by atoms with Gasteiger partial charge in [-0.1, -0.05) is 17.8 Å². The van der Waals surface area contributed by atoms with Crippen LogP contribution in [0.1, 0.15) is 17.9 Å². The summed E-state index contributed by atoms with van der Waals surface area (Å²) in [6.07, 6.45) is 0.151. The van der Waals surface area contributed by atoms with Gasteiger partial charge >= 0.3 is 0 Å². The van der Waals surface area contributed by atoms with Gasteiger partial charge in [-0.15, -0.1) is 0 Å². The summed E-state index contributed by atoms with van der Waals surface area (Å²) in [5, 5.41) is 20.3. The number of aromatic hydroxyl groups is 1. The van der Waals surface area contributed by atoms with E-state index in [-0.39, 0.29) is 23.9 Å². The SMILES string of the molecule is COc1cc([C@H]2CC(=O)N3CN(c4ccc(F)cc4)CSC3=C2C#N)ccc1O. The molecular weight excluding hydrogens is 393 g/mol. The smallest absolute Gasteiger partial charge is 0.229 e. The van der Waals surface area contributed by atoms with Crippen LogP contribution in [0.15, 0.2) is 53.1 Å². The molecule has 0 aliphatic carbocycles. The maximum atomic E-state index is 13.2. The third-order valence-electron chi connectivity index (χ3n) is 5.09. The van der Waals surface area contributed by atoms with E-state index in [0.29, 0.717) is 28.9 Å². The summed E-state index contributed by atoms with van der Waals surface area (Å²) in [5.74, 6) is 0.0636. The number of carbonyl (C=O) groups excluding carboxylic acids is 1. The highest BCUT2D eigenvalue weighted by molar-refractivity contribution is 8.03. The molecule has 1 amide bonds. The second-order valence-corrected chi connectivity index (χ2v) is 7.71. The number of anilines is 1. The van der Waals surface area contributed by atoms with Gasteiger partial charge in [-0.05, 0) is 42.0 Å². The highest BCUT2D eigenvalue weighted by Crippen LogP contribution is 2.44. The Bertz CT molecular complexity index is 1030. The largest absolute Gasteiger partial charge is 0.504 e. The number of hydrogen-bond donors (Lipinski definition) is 1. The number of methoxy groups -OCH3 is 1. The molecule has 29 heavy (non-hydrogen) atoms. The van der Waals surface area contributed by atoms with Crippen molar-refractivity contribution in [2.45, 2.75) is 12.3 Å². The first-order valence-electron chi connectivity index (χ1n) is 8.96. The monoisotopic (exact) mass is 411 g/mol. The molecule has 2 aliphatic heterocycles. The van der Waals surface area contributed by atoms with Crippen molar-refractivity contribution in [2.75, 3.05) is 24.6 Å². The van der Waals surface area contributed by atoms with E-state index in [0.717, 1.165) is 11.3 Å². The number of nitrogens with zero attached hydrogens (tertiary/aromatic N) is 3. The van der Waals surface area contributed by atoms with Gasteiger partial charge in [0, 0.05) is 18.0 Å². The molecule has 0 saturated carbocycles. The highest BCUT2D eigenvalue weighted by Gasteiger charge is 2.38. The predicted octanol–water partition coefficient (Wildman–Crippen LogP) is 3.76. The minimum absolute atomic E-state index is 0.00755. The number of thioether (sulfide) groups is 1. The Hall–Kier alpha value is -3.18. The number of phenols is 1. The molecule has 0 radical (unpaired) electrons. The molecule has 8 heteroatoms. The molecule has 2 aliphatic rings. The Balaban J connectivity index is 1.66. The molecule has 1 atom stereocenters. The molecule has 1 N–H and O–H groups in total. The molecule has 1 fully saturated rings. The van der Waals surface area contributed by atoms with Crippen LogP contribution in [0.25, 0.3) is 0 Å². The summed E-state index contributed by atoms with van der Waals surface area (Å²) in [4.78, 5) is 16.5. The van der Waals surface area contributed by atoms with Gasteiger partial charge in [-0.25, -0.2) is 4.39 Å². The molecule has 0 unspecified atom stereocenters. The maximum Gasteiger partial charge on any atom is 0.229 e. The Labute approximate surface area is 171 Å². The fourth-order valence-corrected chi connectivity index (χ4v) is 4.74. The Morgan fingerprint density at radius 2 is 2.03 bits per heavy atom. The number of phenolic OH excluding ortho intramolecular Hbond substituents is 1. The lowest BCUT2D eigenvalue weighted by molar-refractivity contribution is -0.129. The van der Waals surface area contributed by atoms with Crippen molar-refractivity contribution < 1.29 is 19.0 Å².